The maximum Gasteiger partial charge on any atom is 0.265 e. The number of nitrogens with one attached hydrogen (secondary N) is 1. The van der Waals surface area contributed by atoms with Gasteiger partial charge < -0.3 is 4.74 Å². The predicted molar refractivity (Wildman–Crippen MR) is 115 cm³/mol. The summed E-state index contributed by atoms with van der Waals surface area (Å²) in [6.45, 7) is 6.16. The number of carbonyl (C=O) groups excluding carboxylic acids is 1. The number of anilines is 2. The first-order chi connectivity index (χ1) is 13.8. The Morgan fingerprint density at radius 1 is 1.07 bits per heavy atom. The Morgan fingerprint density at radius 3 is 2.20 bits per heavy atom. The highest BCUT2D eigenvalue weighted by Crippen LogP contribution is 2.33. The summed E-state index contributed by atoms with van der Waals surface area (Å²) in [6, 6.07) is 10.8. The Morgan fingerprint density at radius 2 is 1.70 bits per heavy atom. The molecule has 0 saturated carbocycles. The molecule has 1 amide bonds. The van der Waals surface area contributed by atoms with Gasteiger partial charge in [-0.1, -0.05) is 32.9 Å². The van der Waals surface area contributed by atoms with Crippen LogP contribution < -0.4 is 13.8 Å². The number of hydrogen-bond donors (Lipinski definition) is 1. The molecule has 1 heterocycles. The van der Waals surface area contributed by atoms with Gasteiger partial charge in [0.05, 0.1) is 18.6 Å². The van der Waals surface area contributed by atoms with Gasteiger partial charge >= 0.3 is 0 Å². The van der Waals surface area contributed by atoms with Crippen LogP contribution >= 0.6 is 0 Å². The van der Waals surface area contributed by atoms with Crippen molar-refractivity contribution in [1.82, 2.24) is 0 Å². The molecular weight excluding hydrogens is 428 g/mol. The summed E-state index contributed by atoms with van der Waals surface area (Å²) in [7, 11) is -6.63. The molecule has 0 radical (unpaired) electrons. The van der Waals surface area contributed by atoms with Gasteiger partial charge in [0.15, 0.2) is 0 Å². The first-order valence-corrected chi connectivity index (χ1v) is 12.3. The third-order valence-corrected chi connectivity index (χ3v) is 7.85. The van der Waals surface area contributed by atoms with Gasteiger partial charge in [-0.25, -0.2) is 21.1 Å². The van der Waals surface area contributed by atoms with Crippen LogP contribution in [0.25, 0.3) is 0 Å². The van der Waals surface area contributed by atoms with Crippen LogP contribution in [0.4, 0.5) is 11.4 Å². The largest absolute Gasteiger partial charge is 0.495 e. The van der Waals surface area contributed by atoms with E-state index in [1.807, 2.05) is 12.1 Å². The number of nitrogens with zero attached hydrogens (tertiary/aromatic N) is 1. The third kappa shape index (κ3) is 4.29. The molecule has 0 bridgehead atoms. The fraction of sp³-hybridized carbons (Fsp3) is 0.350. The minimum Gasteiger partial charge on any atom is -0.495 e. The van der Waals surface area contributed by atoms with Crippen LogP contribution in [0.2, 0.25) is 0 Å². The Labute approximate surface area is 177 Å². The zero-order valence-electron chi connectivity index (χ0n) is 17.2. The fourth-order valence-electron chi connectivity index (χ4n) is 3.12. The molecule has 3 rings (SSSR count). The van der Waals surface area contributed by atoms with Crippen molar-refractivity contribution in [2.75, 3.05) is 21.9 Å². The Balaban J connectivity index is 2.00. The van der Waals surface area contributed by atoms with Gasteiger partial charge in [-0.2, -0.15) is 0 Å². The normalized spacial score (nSPS) is 16.5. The van der Waals surface area contributed by atoms with Crippen LogP contribution in [-0.4, -0.2) is 35.6 Å². The average molecular weight is 453 g/mol. The van der Waals surface area contributed by atoms with Crippen molar-refractivity contribution in [3.8, 4) is 5.75 Å². The molecule has 1 saturated heterocycles. The molecule has 162 valence electrons. The molecule has 30 heavy (non-hydrogen) atoms. The molecule has 8 nitrogen and oxygen atoms in total. The smallest absolute Gasteiger partial charge is 0.265 e. The lowest BCUT2D eigenvalue weighted by Crippen LogP contribution is -2.29. The Kier molecular flexibility index (Phi) is 5.59. The maximum absolute atomic E-state index is 13.0. The highest BCUT2D eigenvalue weighted by molar-refractivity contribution is 7.94. The molecule has 0 spiro atoms. The summed E-state index contributed by atoms with van der Waals surface area (Å²) in [5.41, 5.74) is 1.27. The van der Waals surface area contributed by atoms with Crippen molar-refractivity contribution in [3.63, 3.8) is 0 Å². The quantitative estimate of drug-likeness (QED) is 0.747. The van der Waals surface area contributed by atoms with Gasteiger partial charge in [0.25, 0.3) is 10.0 Å². The van der Waals surface area contributed by atoms with Gasteiger partial charge in [-0.3, -0.25) is 9.52 Å². The van der Waals surface area contributed by atoms with E-state index in [9.17, 15) is 21.6 Å². The maximum atomic E-state index is 13.0. The number of amides is 1. The molecule has 1 aliphatic rings. The standard InChI is InChI=1S/C20H24N2O6S2/c1-20(2,3)14-5-7-15(8-6-14)21-30(26,27)18-13-16(9-10-17(18)28-4)22-19(23)11-12-29(22,24)25/h5-10,13,21H,11-12H2,1-4H3. The van der Waals surface area contributed by atoms with Crippen LogP contribution in [0, 0.1) is 0 Å². The Bertz CT molecular complexity index is 1180. The molecule has 0 aliphatic carbocycles. The molecule has 1 N–H and O–H groups in total. The van der Waals surface area contributed by atoms with Crippen molar-refractivity contribution in [3.05, 3.63) is 48.0 Å². The number of methoxy groups -OCH3 is 1. The molecule has 10 heteroatoms. The summed E-state index contributed by atoms with van der Waals surface area (Å²) in [6.07, 6.45) is -0.144. The monoisotopic (exact) mass is 452 g/mol. The summed E-state index contributed by atoms with van der Waals surface area (Å²) in [4.78, 5) is 11.8. The topological polar surface area (TPSA) is 110 Å². The molecule has 0 atom stereocenters. The van der Waals surface area contributed by atoms with Crippen molar-refractivity contribution in [1.29, 1.82) is 0 Å². The lowest BCUT2D eigenvalue weighted by molar-refractivity contribution is -0.116. The van der Waals surface area contributed by atoms with E-state index >= 15 is 0 Å². The molecule has 2 aromatic rings. The first kappa shape index (κ1) is 22.1. The van der Waals surface area contributed by atoms with E-state index in [2.05, 4.69) is 25.5 Å². The second-order valence-electron chi connectivity index (χ2n) is 7.99. The van der Waals surface area contributed by atoms with E-state index in [1.165, 1.54) is 19.2 Å². The summed E-state index contributed by atoms with van der Waals surface area (Å²) < 4.78 is 58.7. The van der Waals surface area contributed by atoms with Crippen molar-refractivity contribution < 1.29 is 26.4 Å². The zero-order chi connectivity index (χ0) is 22.3. The number of benzene rings is 2. The zero-order valence-corrected chi connectivity index (χ0v) is 18.8. The number of hydrogen-bond acceptors (Lipinski definition) is 6. The van der Waals surface area contributed by atoms with Crippen molar-refractivity contribution >= 4 is 37.3 Å². The summed E-state index contributed by atoms with van der Waals surface area (Å²) >= 11 is 0. The van der Waals surface area contributed by atoms with Crippen LogP contribution in [0.5, 0.6) is 5.75 Å². The predicted octanol–water partition coefficient (Wildman–Crippen LogP) is 2.86. The van der Waals surface area contributed by atoms with E-state index in [1.54, 1.807) is 12.1 Å². The van der Waals surface area contributed by atoms with Crippen LogP contribution in [0.1, 0.15) is 32.8 Å². The molecule has 1 fully saturated rings. The SMILES string of the molecule is COc1ccc(N2C(=O)CCS2(=O)=O)cc1S(=O)(=O)Nc1ccc(C(C)(C)C)cc1. The molecule has 2 aromatic carbocycles. The number of ether oxygens (including phenoxy) is 1. The lowest BCUT2D eigenvalue weighted by Gasteiger charge is -2.20. The minimum absolute atomic E-state index is 0.0293. The minimum atomic E-state index is -4.12. The third-order valence-electron chi connectivity index (χ3n) is 4.75. The van der Waals surface area contributed by atoms with E-state index in [-0.39, 0.29) is 33.9 Å². The molecule has 0 unspecified atom stereocenters. The highest BCUT2D eigenvalue weighted by Gasteiger charge is 2.37. The second-order valence-corrected chi connectivity index (χ2v) is 11.6. The average Bonchev–Trinajstić information content (AvgIpc) is 2.93. The van der Waals surface area contributed by atoms with E-state index < -0.39 is 26.0 Å². The van der Waals surface area contributed by atoms with Crippen LogP contribution in [0.3, 0.4) is 0 Å². The van der Waals surface area contributed by atoms with E-state index in [0.29, 0.717) is 9.99 Å². The lowest BCUT2D eigenvalue weighted by atomic mass is 9.87. The fourth-order valence-corrected chi connectivity index (χ4v) is 5.82. The van der Waals surface area contributed by atoms with Gasteiger partial charge in [-0.05, 0) is 41.3 Å². The van der Waals surface area contributed by atoms with Gasteiger partial charge in [0.2, 0.25) is 15.9 Å². The van der Waals surface area contributed by atoms with E-state index in [4.69, 9.17) is 4.74 Å². The van der Waals surface area contributed by atoms with Crippen molar-refractivity contribution in [2.24, 2.45) is 0 Å². The van der Waals surface area contributed by atoms with Crippen LogP contribution in [0.15, 0.2) is 47.4 Å². The van der Waals surface area contributed by atoms with Gasteiger partial charge in [-0.15, -0.1) is 0 Å². The highest BCUT2D eigenvalue weighted by atomic mass is 32.2. The number of rotatable bonds is 5. The summed E-state index contributed by atoms with van der Waals surface area (Å²) in [5.74, 6) is -0.881. The van der Waals surface area contributed by atoms with Crippen LogP contribution in [-0.2, 0) is 30.3 Å². The second kappa shape index (κ2) is 7.59. The number of sulfonamides is 2. The number of carbonyl (C=O) groups is 1. The molecule has 1 aliphatic heterocycles. The molecular formula is C20H24N2O6S2. The van der Waals surface area contributed by atoms with Crippen molar-refractivity contribution in [2.45, 2.75) is 37.5 Å². The summed E-state index contributed by atoms with van der Waals surface area (Å²) in [5, 5.41) is 0. The van der Waals surface area contributed by atoms with Gasteiger partial charge in [0.1, 0.15) is 10.6 Å². The molecule has 0 aromatic heterocycles. The first-order valence-electron chi connectivity index (χ1n) is 9.22. The van der Waals surface area contributed by atoms with E-state index in [0.717, 1.165) is 11.6 Å². The van der Waals surface area contributed by atoms with Gasteiger partial charge in [0, 0.05) is 12.1 Å². The Hall–Kier alpha value is -2.59.